The highest BCUT2D eigenvalue weighted by Gasteiger charge is 1.90. The van der Waals surface area contributed by atoms with Crippen LogP contribution in [0.2, 0.25) is 0 Å². The highest BCUT2D eigenvalue weighted by atomic mass is 16.5. The molecule has 0 heterocycles. The van der Waals surface area contributed by atoms with Crippen molar-refractivity contribution in [1.82, 2.24) is 0 Å². The van der Waals surface area contributed by atoms with Crippen molar-refractivity contribution in [3.63, 3.8) is 0 Å². The van der Waals surface area contributed by atoms with Gasteiger partial charge in [0.05, 0.1) is 39.1 Å². The highest BCUT2D eigenvalue weighted by Crippen LogP contribution is 1.81. The van der Waals surface area contributed by atoms with Gasteiger partial charge in [0.1, 0.15) is 6.61 Å². The van der Waals surface area contributed by atoms with Gasteiger partial charge in [-0.2, -0.15) is 5.26 Å². The number of ether oxygens (including phenoxy) is 3. The van der Waals surface area contributed by atoms with Crippen molar-refractivity contribution in [3.05, 3.63) is 10.4 Å². The van der Waals surface area contributed by atoms with Gasteiger partial charge in [-0.1, -0.05) is 5.11 Å². The predicted octanol–water partition coefficient (Wildman–Crippen LogP) is 0.870. The topological polar surface area (TPSA) is 100 Å². The van der Waals surface area contributed by atoms with Crippen LogP contribution < -0.4 is 0 Å². The Bertz CT molecular complexity index is 222. The van der Waals surface area contributed by atoms with Crippen LogP contribution in [-0.2, 0) is 14.2 Å². The van der Waals surface area contributed by atoms with E-state index in [0.29, 0.717) is 39.6 Å². The molecule has 0 aromatic heterocycles. The molecule has 0 fully saturated rings. The summed E-state index contributed by atoms with van der Waals surface area (Å²) in [6.07, 6.45) is 0. The minimum absolute atomic E-state index is 0.0893. The third kappa shape index (κ3) is 12.7. The summed E-state index contributed by atoms with van der Waals surface area (Å²) in [6.45, 7) is 2.60. The molecule has 7 heteroatoms. The lowest BCUT2D eigenvalue weighted by molar-refractivity contribution is 0.0218. The summed E-state index contributed by atoms with van der Waals surface area (Å²) in [5.41, 5.74) is 7.95. The maximum absolute atomic E-state index is 8.14. The van der Waals surface area contributed by atoms with Gasteiger partial charge < -0.3 is 14.2 Å². The van der Waals surface area contributed by atoms with Crippen molar-refractivity contribution in [3.8, 4) is 6.07 Å². The molecule has 0 rings (SSSR count). The molecule has 15 heavy (non-hydrogen) atoms. The standard InChI is InChI=1S/C8H14N4O3/c9-1-3-13-5-7-15-8-6-14-4-2-11-12-10/h2-8H2. The van der Waals surface area contributed by atoms with Gasteiger partial charge in [0, 0.05) is 11.5 Å². The van der Waals surface area contributed by atoms with E-state index in [1.807, 2.05) is 6.07 Å². The lowest BCUT2D eigenvalue weighted by Gasteiger charge is -2.04. The van der Waals surface area contributed by atoms with Gasteiger partial charge in [-0.3, -0.25) is 0 Å². The van der Waals surface area contributed by atoms with Gasteiger partial charge in [0.15, 0.2) is 0 Å². The molecule has 0 aliphatic carbocycles. The lowest BCUT2D eigenvalue weighted by atomic mass is 10.7. The van der Waals surface area contributed by atoms with E-state index in [1.54, 1.807) is 0 Å². The van der Waals surface area contributed by atoms with E-state index >= 15 is 0 Å². The second-order valence-electron chi connectivity index (χ2n) is 2.39. The summed E-state index contributed by atoms with van der Waals surface area (Å²) >= 11 is 0. The summed E-state index contributed by atoms with van der Waals surface area (Å²) < 4.78 is 15.1. The Kier molecular flexibility index (Phi) is 11.6. The van der Waals surface area contributed by atoms with Crippen molar-refractivity contribution in [2.24, 2.45) is 5.11 Å². The first kappa shape index (κ1) is 13.7. The van der Waals surface area contributed by atoms with Gasteiger partial charge in [-0.15, -0.1) is 0 Å². The molecular weight excluding hydrogens is 200 g/mol. The maximum Gasteiger partial charge on any atom is 0.133 e. The van der Waals surface area contributed by atoms with E-state index < -0.39 is 0 Å². The molecule has 0 saturated carbocycles. The van der Waals surface area contributed by atoms with Gasteiger partial charge in [0.2, 0.25) is 0 Å². The number of rotatable bonds is 10. The Hall–Kier alpha value is -1.32. The Balaban J connectivity index is 2.93. The van der Waals surface area contributed by atoms with Crippen LogP contribution in [-0.4, -0.2) is 46.2 Å². The smallest absolute Gasteiger partial charge is 0.133 e. The fourth-order valence-corrected chi connectivity index (χ4v) is 0.708. The molecule has 0 radical (unpaired) electrons. The van der Waals surface area contributed by atoms with Gasteiger partial charge in [-0.25, -0.2) is 0 Å². The molecule has 0 bridgehead atoms. The third-order valence-corrected chi connectivity index (χ3v) is 1.31. The largest absolute Gasteiger partial charge is 0.379 e. The molecule has 0 spiro atoms. The average molecular weight is 214 g/mol. The zero-order chi connectivity index (χ0) is 11.2. The number of hydrogen-bond donors (Lipinski definition) is 0. The molecule has 0 aromatic carbocycles. The third-order valence-electron chi connectivity index (χ3n) is 1.31. The molecule has 0 saturated heterocycles. The van der Waals surface area contributed by atoms with Crippen molar-refractivity contribution in [2.75, 3.05) is 46.2 Å². The van der Waals surface area contributed by atoms with Gasteiger partial charge >= 0.3 is 0 Å². The molecule has 0 atom stereocenters. The molecule has 0 aliphatic heterocycles. The molecule has 84 valence electrons. The van der Waals surface area contributed by atoms with Crippen molar-refractivity contribution in [2.45, 2.75) is 0 Å². The Labute approximate surface area is 88.2 Å². The second-order valence-corrected chi connectivity index (χ2v) is 2.39. The summed E-state index contributed by atoms with van der Waals surface area (Å²) in [7, 11) is 0. The van der Waals surface area contributed by atoms with Crippen LogP contribution in [0, 0.1) is 11.3 Å². The fraction of sp³-hybridized carbons (Fsp3) is 0.875. The van der Waals surface area contributed by atoms with Crippen LogP contribution >= 0.6 is 0 Å². The number of nitriles is 1. The first-order valence-corrected chi connectivity index (χ1v) is 4.53. The molecule has 7 nitrogen and oxygen atoms in total. The maximum atomic E-state index is 8.14. The SMILES string of the molecule is N#CCOCCOCCOCCN=[N+]=[N-]. The number of azide groups is 1. The highest BCUT2D eigenvalue weighted by molar-refractivity contribution is 4.65. The second kappa shape index (κ2) is 12.7. The molecule has 0 N–H and O–H groups in total. The Morgan fingerprint density at radius 2 is 1.67 bits per heavy atom. The normalized spacial score (nSPS) is 9.27. The Morgan fingerprint density at radius 1 is 1.07 bits per heavy atom. The van der Waals surface area contributed by atoms with E-state index in [-0.39, 0.29) is 6.61 Å². The molecule has 0 aromatic rings. The van der Waals surface area contributed by atoms with Crippen LogP contribution in [0.5, 0.6) is 0 Å². The van der Waals surface area contributed by atoms with E-state index in [1.165, 1.54) is 0 Å². The minimum atomic E-state index is 0.0893. The summed E-state index contributed by atoms with van der Waals surface area (Å²) in [4.78, 5) is 2.58. The summed E-state index contributed by atoms with van der Waals surface area (Å²) in [5, 5.41) is 11.4. The fourth-order valence-electron chi connectivity index (χ4n) is 0.708. The van der Waals surface area contributed by atoms with E-state index in [0.717, 1.165) is 0 Å². The van der Waals surface area contributed by atoms with Crippen LogP contribution in [0.1, 0.15) is 0 Å². The average Bonchev–Trinajstić information content (AvgIpc) is 2.26. The van der Waals surface area contributed by atoms with Gasteiger partial charge in [0.25, 0.3) is 0 Å². The quantitative estimate of drug-likeness (QED) is 0.233. The summed E-state index contributed by atoms with van der Waals surface area (Å²) in [5.74, 6) is 0. The number of hydrogen-bond acceptors (Lipinski definition) is 5. The molecule has 0 amide bonds. The monoisotopic (exact) mass is 214 g/mol. The minimum Gasteiger partial charge on any atom is -0.379 e. The van der Waals surface area contributed by atoms with E-state index in [9.17, 15) is 0 Å². The van der Waals surface area contributed by atoms with Crippen LogP contribution in [0.15, 0.2) is 5.11 Å². The van der Waals surface area contributed by atoms with Crippen molar-refractivity contribution in [1.29, 1.82) is 5.26 Å². The first-order valence-electron chi connectivity index (χ1n) is 4.53. The van der Waals surface area contributed by atoms with E-state index in [4.69, 9.17) is 25.0 Å². The molecule has 0 unspecified atom stereocenters. The molecular formula is C8H14N4O3. The predicted molar refractivity (Wildman–Crippen MR) is 52.1 cm³/mol. The number of nitrogens with zero attached hydrogens (tertiary/aromatic N) is 4. The van der Waals surface area contributed by atoms with Crippen LogP contribution in [0.4, 0.5) is 0 Å². The van der Waals surface area contributed by atoms with E-state index in [2.05, 4.69) is 10.0 Å². The zero-order valence-electron chi connectivity index (χ0n) is 8.46. The Morgan fingerprint density at radius 3 is 2.27 bits per heavy atom. The van der Waals surface area contributed by atoms with Crippen molar-refractivity contribution < 1.29 is 14.2 Å². The zero-order valence-corrected chi connectivity index (χ0v) is 8.46. The van der Waals surface area contributed by atoms with Crippen LogP contribution in [0.3, 0.4) is 0 Å². The summed E-state index contributed by atoms with van der Waals surface area (Å²) in [6, 6.07) is 1.86. The molecule has 0 aliphatic rings. The first-order chi connectivity index (χ1) is 7.41. The van der Waals surface area contributed by atoms with Crippen LogP contribution in [0.25, 0.3) is 10.4 Å². The van der Waals surface area contributed by atoms with Crippen molar-refractivity contribution >= 4 is 0 Å². The lowest BCUT2D eigenvalue weighted by Crippen LogP contribution is -2.10. The van der Waals surface area contributed by atoms with Gasteiger partial charge in [-0.05, 0) is 5.53 Å².